The lowest BCUT2D eigenvalue weighted by Crippen LogP contribution is -2.30. The SMILES string of the molecule is CCC(C)CCCCCCCCC(=O)OC[C@H](COP(=O)(O)OCC(O)COP(=O)(O)OC[C@@H](COC(=O)CCCCCCCCCCC(C)C)OC(=O)CCCCCCCCCCCCC(C)C)OC(=O)CCCCCCCCCCCCCCC(C)C. The molecule has 0 aliphatic carbocycles. The second-order valence-corrected chi connectivity index (χ2v) is 29.8. The summed E-state index contributed by atoms with van der Waals surface area (Å²) in [6, 6.07) is 0. The van der Waals surface area contributed by atoms with Crippen molar-refractivity contribution in [1.29, 1.82) is 0 Å². The van der Waals surface area contributed by atoms with Crippen LogP contribution < -0.4 is 0 Å². The normalized spacial score (nSPS) is 14.6. The second-order valence-electron chi connectivity index (χ2n) is 26.9. The van der Waals surface area contributed by atoms with Crippen molar-refractivity contribution < 1.29 is 80.2 Å². The number of esters is 4. The van der Waals surface area contributed by atoms with Gasteiger partial charge in [0.25, 0.3) is 0 Å². The lowest BCUT2D eigenvalue weighted by Gasteiger charge is -2.21. The lowest BCUT2D eigenvalue weighted by atomic mass is 10.00. The molecule has 17 nitrogen and oxygen atoms in total. The second kappa shape index (κ2) is 59.8. The Kier molecular flexibility index (Phi) is 58.5. The summed E-state index contributed by atoms with van der Waals surface area (Å²) in [5.74, 6) is 0.855. The molecule has 0 amide bonds. The lowest BCUT2D eigenvalue weighted by molar-refractivity contribution is -0.161. The molecular weight excluding hydrogens is 1170 g/mol. The number of carbonyl (C=O) groups is 4. The number of rotatable bonds is 67. The number of hydrogen-bond donors (Lipinski definition) is 3. The van der Waals surface area contributed by atoms with Crippen LogP contribution in [0.3, 0.4) is 0 Å². The van der Waals surface area contributed by atoms with Crippen LogP contribution in [0, 0.1) is 23.7 Å². The van der Waals surface area contributed by atoms with Gasteiger partial charge in [-0.2, -0.15) is 0 Å². The van der Waals surface area contributed by atoms with E-state index in [1.165, 1.54) is 141 Å². The van der Waals surface area contributed by atoms with Gasteiger partial charge in [-0.3, -0.25) is 37.3 Å². The summed E-state index contributed by atoms with van der Waals surface area (Å²) in [5.41, 5.74) is 0. The molecule has 0 spiro atoms. The molecule has 0 aromatic heterocycles. The van der Waals surface area contributed by atoms with Crippen molar-refractivity contribution in [3.8, 4) is 0 Å². The minimum Gasteiger partial charge on any atom is -0.462 e. The predicted octanol–water partition coefficient (Wildman–Crippen LogP) is 19.7. The molecule has 0 heterocycles. The van der Waals surface area contributed by atoms with Crippen molar-refractivity contribution >= 4 is 39.5 Å². The molecule has 0 fully saturated rings. The van der Waals surface area contributed by atoms with E-state index in [0.29, 0.717) is 25.7 Å². The summed E-state index contributed by atoms with van der Waals surface area (Å²) in [5, 5.41) is 10.6. The zero-order valence-corrected chi connectivity index (χ0v) is 59.8. The van der Waals surface area contributed by atoms with Gasteiger partial charge in [0.2, 0.25) is 0 Å². The molecule has 4 unspecified atom stereocenters. The number of phosphoric ester groups is 2. The molecule has 0 aliphatic heterocycles. The third kappa shape index (κ3) is 63.2. The Balaban J connectivity index is 5.26. The number of unbranched alkanes of at least 4 members (excludes halogenated alkanes) is 32. The molecule has 89 heavy (non-hydrogen) atoms. The van der Waals surface area contributed by atoms with Crippen molar-refractivity contribution in [2.75, 3.05) is 39.6 Å². The zero-order valence-electron chi connectivity index (χ0n) is 58.1. The zero-order chi connectivity index (χ0) is 66.1. The van der Waals surface area contributed by atoms with Crippen LogP contribution in [0.1, 0.15) is 344 Å². The van der Waals surface area contributed by atoms with Gasteiger partial charge < -0.3 is 33.8 Å². The van der Waals surface area contributed by atoms with E-state index in [1.54, 1.807) is 0 Å². The van der Waals surface area contributed by atoms with E-state index in [2.05, 4.69) is 55.4 Å². The molecule has 0 radical (unpaired) electrons. The summed E-state index contributed by atoms with van der Waals surface area (Å²) < 4.78 is 68.3. The number of aliphatic hydroxyl groups is 1. The van der Waals surface area contributed by atoms with Crippen LogP contribution in [-0.4, -0.2) is 96.7 Å². The predicted molar refractivity (Wildman–Crippen MR) is 358 cm³/mol. The average Bonchev–Trinajstić information content (AvgIpc) is 3.70. The Hall–Kier alpha value is -1.94. The van der Waals surface area contributed by atoms with Gasteiger partial charge in [0.15, 0.2) is 12.2 Å². The van der Waals surface area contributed by atoms with E-state index in [0.717, 1.165) is 120 Å². The first kappa shape index (κ1) is 87.1. The van der Waals surface area contributed by atoms with Crippen molar-refractivity contribution in [1.82, 2.24) is 0 Å². The van der Waals surface area contributed by atoms with Crippen molar-refractivity contribution in [2.45, 2.75) is 363 Å². The van der Waals surface area contributed by atoms with E-state index in [9.17, 15) is 43.2 Å². The van der Waals surface area contributed by atoms with Gasteiger partial charge in [0, 0.05) is 25.7 Å². The summed E-state index contributed by atoms with van der Waals surface area (Å²) in [6.45, 7) is 14.1. The summed E-state index contributed by atoms with van der Waals surface area (Å²) >= 11 is 0. The Bertz CT molecular complexity index is 1770. The van der Waals surface area contributed by atoms with Crippen LogP contribution in [0.2, 0.25) is 0 Å². The highest BCUT2D eigenvalue weighted by atomic mass is 31.2. The summed E-state index contributed by atoms with van der Waals surface area (Å²) in [6.07, 6.45) is 41.7. The first-order chi connectivity index (χ1) is 42.6. The Morgan fingerprint density at radius 2 is 0.539 bits per heavy atom. The molecule has 19 heteroatoms. The number of hydrogen-bond acceptors (Lipinski definition) is 15. The van der Waals surface area contributed by atoms with Crippen LogP contribution >= 0.6 is 15.6 Å². The van der Waals surface area contributed by atoms with Crippen molar-refractivity contribution in [2.24, 2.45) is 23.7 Å². The van der Waals surface area contributed by atoms with Gasteiger partial charge in [-0.25, -0.2) is 9.13 Å². The average molecular weight is 1310 g/mol. The van der Waals surface area contributed by atoms with Gasteiger partial charge in [0.05, 0.1) is 26.4 Å². The quantitative estimate of drug-likeness (QED) is 0.0222. The van der Waals surface area contributed by atoms with Gasteiger partial charge in [0.1, 0.15) is 19.3 Å². The Morgan fingerprint density at radius 3 is 0.798 bits per heavy atom. The van der Waals surface area contributed by atoms with Gasteiger partial charge >= 0.3 is 39.5 Å². The minimum atomic E-state index is -4.95. The van der Waals surface area contributed by atoms with Crippen LogP contribution in [0.4, 0.5) is 0 Å². The molecule has 528 valence electrons. The Morgan fingerprint density at radius 1 is 0.315 bits per heavy atom. The van der Waals surface area contributed by atoms with E-state index >= 15 is 0 Å². The fourth-order valence-electron chi connectivity index (χ4n) is 10.5. The minimum absolute atomic E-state index is 0.105. The molecule has 0 aliphatic rings. The largest absolute Gasteiger partial charge is 0.472 e. The third-order valence-electron chi connectivity index (χ3n) is 16.4. The summed E-state index contributed by atoms with van der Waals surface area (Å²) in [7, 11) is -9.90. The number of ether oxygens (including phenoxy) is 4. The first-order valence-electron chi connectivity index (χ1n) is 36.2. The fraction of sp³-hybridized carbons (Fsp3) is 0.943. The van der Waals surface area contributed by atoms with Gasteiger partial charge in [-0.05, 0) is 49.4 Å². The molecule has 6 atom stereocenters. The standard InChI is InChI=1S/C70H136O17P2/c1-9-63(8)49-41-33-28-29-35-43-51-68(73)81-57-66(87-69(74)52-44-36-26-18-13-11-10-12-16-22-30-38-46-60(2)3)59-85-89(78,79)83-55-64(71)54-82-88(76,77)84-58-65(56-80-67(72)50-42-34-25-21-20-24-32-40-48-62(6)7)86-70(75)53-45-37-27-19-15-14-17-23-31-39-47-61(4)5/h60-66,71H,9-59H2,1-8H3,(H,76,77)(H,78,79)/t63?,64?,65-,66-/m1/s1. The van der Waals surface area contributed by atoms with Crippen LogP contribution in [0.15, 0.2) is 0 Å². The topological polar surface area (TPSA) is 237 Å². The smallest absolute Gasteiger partial charge is 0.462 e. The van der Waals surface area contributed by atoms with Crippen LogP contribution in [0.5, 0.6) is 0 Å². The molecule has 0 aromatic carbocycles. The molecular formula is C70H136O17P2. The summed E-state index contributed by atoms with van der Waals surface area (Å²) in [4.78, 5) is 72.5. The number of carbonyl (C=O) groups excluding carboxylic acids is 4. The maximum absolute atomic E-state index is 13.0. The number of aliphatic hydroxyl groups excluding tert-OH is 1. The van der Waals surface area contributed by atoms with E-state index < -0.39 is 97.5 Å². The molecule has 0 saturated heterocycles. The molecule has 0 bridgehead atoms. The molecule has 0 rings (SSSR count). The van der Waals surface area contributed by atoms with Crippen LogP contribution in [0.25, 0.3) is 0 Å². The maximum atomic E-state index is 13.0. The first-order valence-corrected chi connectivity index (χ1v) is 39.2. The number of phosphoric acid groups is 2. The van der Waals surface area contributed by atoms with Crippen molar-refractivity contribution in [3.63, 3.8) is 0 Å². The van der Waals surface area contributed by atoms with E-state index in [4.69, 9.17) is 37.0 Å². The van der Waals surface area contributed by atoms with E-state index in [-0.39, 0.29) is 25.7 Å². The molecule has 0 saturated carbocycles. The van der Waals surface area contributed by atoms with Crippen molar-refractivity contribution in [3.05, 3.63) is 0 Å². The highest BCUT2D eigenvalue weighted by molar-refractivity contribution is 7.47. The van der Waals surface area contributed by atoms with Gasteiger partial charge in [-0.1, -0.05) is 293 Å². The van der Waals surface area contributed by atoms with Crippen LogP contribution in [-0.2, 0) is 65.4 Å². The highest BCUT2D eigenvalue weighted by Gasteiger charge is 2.30. The maximum Gasteiger partial charge on any atom is 0.472 e. The Labute approximate surface area is 543 Å². The fourth-order valence-corrected chi connectivity index (χ4v) is 12.0. The van der Waals surface area contributed by atoms with E-state index in [1.807, 2.05) is 0 Å². The molecule has 3 N–H and O–H groups in total. The monoisotopic (exact) mass is 1310 g/mol. The van der Waals surface area contributed by atoms with Gasteiger partial charge in [-0.15, -0.1) is 0 Å². The highest BCUT2D eigenvalue weighted by Crippen LogP contribution is 2.45. The molecule has 0 aromatic rings. The third-order valence-corrected chi connectivity index (χ3v) is 18.3.